The molecule has 0 aromatic rings. The molecular formula is C75H124O6. The first-order valence-corrected chi connectivity index (χ1v) is 33.7. The third-order valence-electron chi connectivity index (χ3n) is 14.1. The Morgan fingerprint density at radius 1 is 0.259 bits per heavy atom. The van der Waals surface area contributed by atoms with Crippen LogP contribution < -0.4 is 0 Å². The number of unbranched alkanes of at least 4 members (excludes halogenated alkanes) is 27. The van der Waals surface area contributed by atoms with Crippen molar-refractivity contribution in [3.05, 3.63) is 134 Å². The molecule has 1 atom stereocenters. The monoisotopic (exact) mass is 1120 g/mol. The molecule has 0 fully saturated rings. The second-order valence-electron chi connectivity index (χ2n) is 22.0. The zero-order chi connectivity index (χ0) is 58.5. The first kappa shape index (κ1) is 76.5. The molecule has 0 saturated carbocycles. The van der Waals surface area contributed by atoms with Gasteiger partial charge in [0.25, 0.3) is 0 Å². The maximum atomic E-state index is 12.9. The molecule has 1 unspecified atom stereocenters. The van der Waals surface area contributed by atoms with Gasteiger partial charge in [0.15, 0.2) is 6.10 Å². The molecule has 6 heteroatoms. The van der Waals surface area contributed by atoms with E-state index < -0.39 is 6.10 Å². The fourth-order valence-corrected chi connectivity index (χ4v) is 9.07. The number of allylic oxidation sites excluding steroid dienone is 22. The molecule has 0 aliphatic carbocycles. The average molecular weight is 1120 g/mol. The van der Waals surface area contributed by atoms with Crippen LogP contribution in [0.1, 0.15) is 303 Å². The molecular weight excluding hydrogens is 997 g/mol. The molecule has 460 valence electrons. The summed E-state index contributed by atoms with van der Waals surface area (Å²) in [5.74, 6) is -0.940. The van der Waals surface area contributed by atoms with Crippen LogP contribution in [0.25, 0.3) is 0 Å². The summed E-state index contributed by atoms with van der Waals surface area (Å²) < 4.78 is 16.9. The molecule has 0 spiro atoms. The molecule has 0 heterocycles. The van der Waals surface area contributed by atoms with Crippen LogP contribution in [0.15, 0.2) is 134 Å². The van der Waals surface area contributed by atoms with Crippen LogP contribution in [0.2, 0.25) is 0 Å². The van der Waals surface area contributed by atoms with Gasteiger partial charge in [0, 0.05) is 19.3 Å². The first-order chi connectivity index (χ1) is 40.0. The minimum atomic E-state index is -0.804. The third kappa shape index (κ3) is 66.2. The van der Waals surface area contributed by atoms with E-state index in [4.69, 9.17) is 14.2 Å². The molecule has 0 aliphatic heterocycles. The second-order valence-corrected chi connectivity index (χ2v) is 22.0. The van der Waals surface area contributed by atoms with Gasteiger partial charge in [-0.25, -0.2) is 0 Å². The van der Waals surface area contributed by atoms with Gasteiger partial charge in [0.1, 0.15) is 13.2 Å². The van der Waals surface area contributed by atoms with E-state index in [2.05, 4.69) is 154 Å². The highest BCUT2D eigenvalue weighted by atomic mass is 16.6. The summed E-state index contributed by atoms with van der Waals surface area (Å²) in [6.45, 7) is 6.47. The van der Waals surface area contributed by atoms with E-state index in [0.29, 0.717) is 19.3 Å². The highest BCUT2D eigenvalue weighted by molar-refractivity contribution is 5.71. The van der Waals surface area contributed by atoms with Crippen LogP contribution in [0.4, 0.5) is 0 Å². The van der Waals surface area contributed by atoms with Crippen molar-refractivity contribution in [3.8, 4) is 0 Å². The summed E-state index contributed by atoms with van der Waals surface area (Å²) >= 11 is 0. The third-order valence-corrected chi connectivity index (χ3v) is 14.1. The van der Waals surface area contributed by atoms with E-state index in [9.17, 15) is 14.4 Å². The number of carbonyl (C=O) groups is 3. The summed E-state index contributed by atoms with van der Waals surface area (Å²) in [6, 6.07) is 0. The van der Waals surface area contributed by atoms with Crippen LogP contribution in [0, 0.1) is 0 Å². The molecule has 81 heavy (non-hydrogen) atoms. The summed E-state index contributed by atoms with van der Waals surface area (Å²) in [7, 11) is 0. The first-order valence-electron chi connectivity index (χ1n) is 33.7. The molecule has 0 radical (unpaired) electrons. The predicted octanol–water partition coefficient (Wildman–Crippen LogP) is 23.3. The van der Waals surface area contributed by atoms with Gasteiger partial charge in [-0.05, 0) is 141 Å². The van der Waals surface area contributed by atoms with E-state index in [1.807, 2.05) is 0 Å². The van der Waals surface area contributed by atoms with Crippen LogP contribution in [-0.2, 0) is 28.6 Å². The fraction of sp³-hybridized carbons (Fsp3) is 0.667. The lowest BCUT2D eigenvalue weighted by Crippen LogP contribution is -2.30. The lowest BCUT2D eigenvalue weighted by Gasteiger charge is -2.18. The molecule has 0 aromatic heterocycles. The highest BCUT2D eigenvalue weighted by Crippen LogP contribution is 2.15. The van der Waals surface area contributed by atoms with E-state index in [0.717, 1.165) is 135 Å². The van der Waals surface area contributed by atoms with Crippen molar-refractivity contribution in [3.63, 3.8) is 0 Å². The molecule has 6 nitrogen and oxygen atoms in total. The zero-order valence-electron chi connectivity index (χ0n) is 52.8. The summed E-state index contributed by atoms with van der Waals surface area (Å²) in [5.41, 5.74) is 0. The van der Waals surface area contributed by atoms with Crippen LogP contribution in [0.3, 0.4) is 0 Å². The number of esters is 3. The summed E-state index contributed by atoms with van der Waals surface area (Å²) in [5, 5.41) is 0. The Balaban J connectivity index is 4.42. The largest absolute Gasteiger partial charge is 0.462 e. The van der Waals surface area contributed by atoms with Crippen LogP contribution in [0.5, 0.6) is 0 Å². The Morgan fingerprint density at radius 2 is 0.481 bits per heavy atom. The topological polar surface area (TPSA) is 78.9 Å². The number of ether oxygens (including phenoxy) is 3. The van der Waals surface area contributed by atoms with Crippen molar-refractivity contribution in [2.45, 2.75) is 309 Å². The van der Waals surface area contributed by atoms with Gasteiger partial charge in [-0.3, -0.25) is 14.4 Å². The van der Waals surface area contributed by atoms with Crippen LogP contribution in [-0.4, -0.2) is 37.2 Å². The summed E-state index contributed by atoms with van der Waals surface area (Å²) in [4.78, 5) is 38.4. The van der Waals surface area contributed by atoms with Gasteiger partial charge >= 0.3 is 17.9 Å². The van der Waals surface area contributed by atoms with E-state index in [1.54, 1.807) is 0 Å². The minimum absolute atomic E-state index is 0.0977. The average Bonchev–Trinajstić information content (AvgIpc) is 3.46. The van der Waals surface area contributed by atoms with Gasteiger partial charge in [-0.15, -0.1) is 0 Å². The molecule has 0 aliphatic rings. The molecule has 0 aromatic carbocycles. The number of hydrogen-bond donors (Lipinski definition) is 0. The normalized spacial score (nSPS) is 13.0. The van der Waals surface area contributed by atoms with Crippen molar-refractivity contribution in [1.29, 1.82) is 0 Å². The zero-order valence-corrected chi connectivity index (χ0v) is 52.8. The van der Waals surface area contributed by atoms with E-state index in [1.165, 1.54) is 128 Å². The lowest BCUT2D eigenvalue weighted by molar-refractivity contribution is -0.167. The Labute approximate surface area is 500 Å². The van der Waals surface area contributed by atoms with Gasteiger partial charge in [-0.1, -0.05) is 276 Å². The number of carbonyl (C=O) groups excluding carboxylic acids is 3. The SMILES string of the molecule is CC/C=C\C/C=C\C/C=C\C/C=C\C/C=C\C/C=C\C/C=C\CCCCCC(=O)OCC(COC(=O)CCCCCCC/C=C\CCCCCC)OC(=O)CCCCCCCCCCCC/C=C\C/C=C\C/C=C\CCCCCCC. The fourth-order valence-electron chi connectivity index (χ4n) is 9.07. The molecule has 0 N–H and O–H groups in total. The molecule has 0 amide bonds. The van der Waals surface area contributed by atoms with Crippen molar-refractivity contribution in [1.82, 2.24) is 0 Å². The number of hydrogen-bond acceptors (Lipinski definition) is 6. The van der Waals surface area contributed by atoms with E-state index >= 15 is 0 Å². The molecule has 0 rings (SSSR count). The van der Waals surface area contributed by atoms with E-state index in [-0.39, 0.29) is 31.1 Å². The summed E-state index contributed by atoms with van der Waals surface area (Å²) in [6.07, 6.45) is 96.0. The quantitative estimate of drug-likeness (QED) is 0.0261. The lowest BCUT2D eigenvalue weighted by atomic mass is 10.0. The highest BCUT2D eigenvalue weighted by Gasteiger charge is 2.19. The maximum Gasteiger partial charge on any atom is 0.306 e. The smallest absolute Gasteiger partial charge is 0.306 e. The second kappa shape index (κ2) is 68.1. The van der Waals surface area contributed by atoms with Crippen molar-refractivity contribution in [2.24, 2.45) is 0 Å². The number of rotatable bonds is 60. The predicted molar refractivity (Wildman–Crippen MR) is 353 cm³/mol. The maximum absolute atomic E-state index is 12.9. The van der Waals surface area contributed by atoms with Gasteiger partial charge in [-0.2, -0.15) is 0 Å². The molecule has 0 bridgehead atoms. The van der Waals surface area contributed by atoms with Crippen molar-refractivity contribution < 1.29 is 28.6 Å². The van der Waals surface area contributed by atoms with Crippen molar-refractivity contribution in [2.75, 3.05) is 13.2 Å². The van der Waals surface area contributed by atoms with Crippen LogP contribution >= 0.6 is 0 Å². The molecule has 0 saturated heterocycles. The van der Waals surface area contributed by atoms with Crippen molar-refractivity contribution >= 4 is 17.9 Å². The Hall–Kier alpha value is -4.45. The van der Waals surface area contributed by atoms with Gasteiger partial charge < -0.3 is 14.2 Å². The Kier molecular flexibility index (Phi) is 64.3. The van der Waals surface area contributed by atoms with Gasteiger partial charge in [0.05, 0.1) is 0 Å². The standard InChI is InChI=1S/C75H124O6/c1-4-7-10-13-16-19-22-25-27-29-31-33-35-37-39-41-43-45-47-50-53-56-59-62-65-68-74(77)80-71-72(70-79-73(76)67-64-61-58-55-52-49-24-21-18-15-12-9-6-3)81-75(78)69-66-63-60-57-54-51-48-46-44-42-40-38-36-34-32-30-28-26-23-20-17-14-11-8-5-2/h7,10,16,19,21,23-27,30-33,36-39,43,45,50,53,72H,4-6,8-9,11-15,17-18,20,22,28-29,34-35,40-42,44,46-49,51-52,54-71H2,1-3H3/b10-7-,19-16-,24-21-,26-23-,27-25-,32-30-,33-31-,38-36-,39-37-,45-43-,53-50-. The van der Waals surface area contributed by atoms with Gasteiger partial charge in [0.2, 0.25) is 0 Å². The minimum Gasteiger partial charge on any atom is -0.462 e. The Morgan fingerprint density at radius 3 is 0.790 bits per heavy atom. The Bertz CT molecular complexity index is 1720.